The number of hydrogen-bond acceptors (Lipinski definition) is 2. The summed E-state index contributed by atoms with van der Waals surface area (Å²) in [6.45, 7) is 5.66. The molecule has 0 amide bonds. The molecule has 0 unspecified atom stereocenters. The molecule has 0 aliphatic carbocycles. The van der Waals surface area contributed by atoms with Crippen LogP contribution in [-0.4, -0.2) is 6.54 Å². The SMILES string of the molecule is CC(C)c1ccccc1OCc1ccc(CCN)cc1. The number of rotatable bonds is 6. The van der Waals surface area contributed by atoms with E-state index < -0.39 is 0 Å². The van der Waals surface area contributed by atoms with Crippen molar-refractivity contribution in [3.63, 3.8) is 0 Å². The molecule has 0 aliphatic rings. The van der Waals surface area contributed by atoms with Crippen molar-refractivity contribution in [3.05, 3.63) is 65.2 Å². The minimum Gasteiger partial charge on any atom is -0.489 e. The van der Waals surface area contributed by atoms with Crippen molar-refractivity contribution in [2.45, 2.75) is 32.8 Å². The second-order valence-electron chi connectivity index (χ2n) is 5.34. The van der Waals surface area contributed by atoms with Gasteiger partial charge in [-0.1, -0.05) is 56.3 Å². The first-order chi connectivity index (χ1) is 9.70. The van der Waals surface area contributed by atoms with Gasteiger partial charge in [-0.05, 0) is 41.6 Å². The van der Waals surface area contributed by atoms with E-state index in [-0.39, 0.29) is 0 Å². The summed E-state index contributed by atoms with van der Waals surface area (Å²) in [6.07, 6.45) is 0.928. The minimum atomic E-state index is 0.470. The lowest BCUT2D eigenvalue weighted by Gasteiger charge is -2.14. The fourth-order valence-electron chi connectivity index (χ4n) is 2.22. The third-order valence-electron chi connectivity index (χ3n) is 3.39. The molecule has 0 aliphatic heterocycles. The highest BCUT2D eigenvalue weighted by molar-refractivity contribution is 5.36. The van der Waals surface area contributed by atoms with Crippen LogP contribution in [0.5, 0.6) is 5.75 Å². The van der Waals surface area contributed by atoms with E-state index in [1.165, 1.54) is 16.7 Å². The second kappa shape index (κ2) is 7.11. The highest BCUT2D eigenvalue weighted by Crippen LogP contribution is 2.26. The molecule has 2 aromatic carbocycles. The largest absolute Gasteiger partial charge is 0.489 e. The molecule has 0 fully saturated rings. The average molecular weight is 269 g/mol. The van der Waals surface area contributed by atoms with Crippen LogP contribution in [0.4, 0.5) is 0 Å². The Balaban J connectivity index is 2.01. The van der Waals surface area contributed by atoms with Gasteiger partial charge in [-0.15, -0.1) is 0 Å². The zero-order chi connectivity index (χ0) is 14.4. The van der Waals surface area contributed by atoms with Gasteiger partial charge in [-0.2, -0.15) is 0 Å². The molecule has 2 N–H and O–H groups in total. The van der Waals surface area contributed by atoms with Gasteiger partial charge in [0.2, 0.25) is 0 Å². The normalized spacial score (nSPS) is 10.8. The first kappa shape index (κ1) is 14.6. The monoisotopic (exact) mass is 269 g/mol. The molecule has 2 aromatic rings. The van der Waals surface area contributed by atoms with Gasteiger partial charge >= 0.3 is 0 Å². The van der Waals surface area contributed by atoms with E-state index in [4.69, 9.17) is 10.5 Å². The van der Waals surface area contributed by atoms with Gasteiger partial charge in [0.1, 0.15) is 12.4 Å². The molecule has 0 spiro atoms. The Morgan fingerprint density at radius 2 is 1.60 bits per heavy atom. The number of para-hydroxylation sites is 1. The van der Waals surface area contributed by atoms with E-state index in [9.17, 15) is 0 Å². The maximum Gasteiger partial charge on any atom is 0.123 e. The quantitative estimate of drug-likeness (QED) is 0.863. The van der Waals surface area contributed by atoms with Crippen molar-refractivity contribution in [1.29, 1.82) is 0 Å². The van der Waals surface area contributed by atoms with Crippen molar-refractivity contribution in [2.75, 3.05) is 6.54 Å². The topological polar surface area (TPSA) is 35.2 Å². The number of benzene rings is 2. The third-order valence-corrected chi connectivity index (χ3v) is 3.39. The van der Waals surface area contributed by atoms with Crippen LogP contribution >= 0.6 is 0 Å². The zero-order valence-corrected chi connectivity index (χ0v) is 12.3. The van der Waals surface area contributed by atoms with Crippen molar-refractivity contribution in [2.24, 2.45) is 5.73 Å². The smallest absolute Gasteiger partial charge is 0.123 e. The molecular formula is C18H23NO. The molecule has 0 saturated heterocycles. The lowest BCUT2D eigenvalue weighted by molar-refractivity contribution is 0.302. The lowest BCUT2D eigenvalue weighted by Crippen LogP contribution is -2.03. The highest BCUT2D eigenvalue weighted by Gasteiger charge is 2.06. The third kappa shape index (κ3) is 3.84. The Bertz CT molecular complexity index is 531. The Morgan fingerprint density at radius 3 is 2.25 bits per heavy atom. The first-order valence-corrected chi connectivity index (χ1v) is 7.20. The molecule has 0 radical (unpaired) electrons. The average Bonchev–Trinajstić information content (AvgIpc) is 2.47. The summed E-state index contributed by atoms with van der Waals surface area (Å²) >= 11 is 0. The van der Waals surface area contributed by atoms with Gasteiger partial charge < -0.3 is 10.5 Å². The van der Waals surface area contributed by atoms with Crippen LogP contribution in [0.1, 0.15) is 36.5 Å². The van der Waals surface area contributed by atoms with Crippen LogP contribution in [0.2, 0.25) is 0 Å². The van der Waals surface area contributed by atoms with Crippen LogP contribution in [0.25, 0.3) is 0 Å². The molecule has 0 aromatic heterocycles. The predicted molar refractivity (Wildman–Crippen MR) is 84.1 cm³/mol. The van der Waals surface area contributed by atoms with Crippen LogP contribution in [-0.2, 0) is 13.0 Å². The summed E-state index contributed by atoms with van der Waals surface area (Å²) in [5, 5.41) is 0. The molecule has 0 saturated carbocycles. The fraction of sp³-hybridized carbons (Fsp3) is 0.333. The second-order valence-corrected chi connectivity index (χ2v) is 5.34. The molecule has 2 rings (SSSR count). The fourth-order valence-corrected chi connectivity index (χ4v) is 2.22. The van der Waals surface area contributed by atoms with E-state index in [1.807, 2.05) is 12.1 Å². The van der Waals surface area contributed by atoms with Gasteiger partial charge in [0.25, 0.3) is 0 Å². The van der Waals surface area contributed by atoms with Crippen LogP contribution in [0.15, 0.2) is 48.5 Å². The van der Waals surface area contributed by atoms with E-state index in [1.54, 1.807) is 0 Å². The Morgan fingerprint density at radius 1 is 0.950 bits per heavy atom. The molecule has 0 atom stereocenters. The number of hydrogen-bond donors (Lipinski definition) is 1. The summed E-state index contributed by atoms with van der Waals surface area (Å²) in [5.41, 5.74) is 9.27. The Labute approximate surface area is 121 Å². The summed E-state index contributed by atoms with van der Waals surface area (Å²) in [4.78, 5) is 0. The minimum absolute atomic E-state index is 0.470. The van der Waals surface area contributed by atoms with Gasteiger partial charge in [-0.25, -0.2) is 0 Å². The zero-order valence-electron chi connectivity index (χ0n) is 12.3. The molecule has 2 nitrogen and oxygen atoms in total. The van der Waals surface area contributed by atoms with Crippen LogP contribution in [0, 0.1) is 0 Å². The molecular weight excluding hydrogens is 246 g/mol. The standard InChI is InChI=1S/C18H23NO/c1-14(2)17-5-3-4-6-18(17)20-13-16-9-7-15(8-10-16)11-12-19/h3-10,14H,11-13,19H2,1-2H3. The van der Waals surface area contributed by atoms with Gasteiger partial charge in [0.15, 0.2) is 0 Å². The van der Waals surface area contributed by atoms with Crippen molar-refractivity contribution < 1.29 is 4.74 Å². The van der Waals surface area contributed by atoms with Crippen LogP contribution < -0.4 is 10.5 Å². The summed E-state index contributed by atoms with van der Waals surface area (Å²) in [7, 11) is 0. The molecule has 20 heavy (non-hydrogen) atoms. The summed E-state index contributed by atoms with van der Waals surface area (Å²) in [5.74, 6) is 1.45. The summed E-state index contributed by atoms with van der Waals surface area (Å²) in [6, 6.07) is 16.7. The van der Waals surface area contributed by atoms with Gasteiger partial charge in [0, 0.05) is 0 Å². The predicted octanol–water partition coefficient (Wildman–Crippen LogP) is 3.89. The molecule has 2 heteroatoms. The number of nitrogens with two attached hydrogens (primary N) is 1. The van der Waals surface area contributed by atoms with E-state index in [0.717, 1.165) is 12.2 Å². The Hall–Kier alpha value is -1.80. The first-order valence-electron chi connectivity index (χ1n) is 7.20. The van der Waals surface area contributed by atoms with E-state index in [0.29, 0.717) is 19.1 Å². The maximum atomic E-state index is 5.96. The van der Waals surface area contributed by atoms with Crippen LogP contribution in [0.3, 0.4) is 0 Å². The van der Waals surface area contributed by atoms with Crippen molar-refractivity contribution in [3.8, 4) is 5.75 Å². The summed E-state index contributed by atoms with van der Waals surface area (Å²) < 4.78 is 5.96. The van der Waals surface area contributed by atoms with Gasteiger partial charge in [0.05, 0.1) is 0 Å². The molecule has 0 bridgehead atoms. The van der Waals surface area contributed by atoms with E-state index in [2.05, 4.69) is 50.2 Å². The maximum absolute atomic E-state index is 5.96. The molecule has 0 heterocycles. The lowest BCUT2D eigenvalue weighted by atomic mass is 10.0. The van der Waals surface area contributed by atoms with Crippen molar-refractivity contribution in [1.82, 2.24) is 0 Å². The number of ether oxygens (including phenoxy) is 1. The van der Waals surface area contributed by atoms with E-state index >= 15 is 0 Å². The highest BCUT2D eigenvalue weighted by atomic mass is 16.5. The Kier molecular flexibility index (Phi) is 5.19. The van der Waals surface area contributed by atoms with Crippen molar-refractivity contribution >= 4 is 0 Å². The van der Waals surface area contributed by atoms with Gasteiger partial charge in [-0.3, -0.25) is 0 Å². The molecule has 106 valence electrons.